The van der Waals surface area contributed by atoms with Crippen molar-refractivity contribution in [1.29, 1.82) is 0 Å². The van der Waals surface area contributed by atoms with Gasteiger partial charge in [0.15, 0.2) is 0 Å². The fourth-order valence-electron chi connectivity index (χ4n) is 3.37. The van der Waals surface area contributed by atoms with Gasteiger partial charge in [0.1, 0.15) is 0 Å². The van der Waals surface area contributed by atoms with E-state index in [1.54, 1.807) is 11.1 Å². The number of likely N-dealkylation sites (tertiary alicyclic amines) is 1. The van der Waals surface area contributed by atoms with Gasteiger partial charge in [-0.2, -0.15) is 0 Å². The minimum Gasteiger partial charge on any atom is -0.336 e. The second-order valence-electron chi connectivity index (χ2n) is 6.64. The molecule has 1 saturated heterocycles. The van der Waals surface area contributed by atoms with E-state index < -0.39 is 0 Å². The fraction of sp³-hybridized carbons (Fsp3) is 0.190. The molecular weight excluding hydrogens is 340 g/mol. The Labute approximate surface area is 157 Å². The van der Waals surface area contributed by atoms with Gasteiger partial charge in [0.2, 0.25) is 5.91 Å². The van der Waals surface area contributed by atoms with Gasteiger partial charge < -0.3 is 15.5 Å². The highest BCUT2D eigenvalue weighted by molar-refractivity contribution is 5.99. The first kappa shape index (κ1) is 17.0. The summed E-state index contributed by atoms with van der Waals surface area (Å²) in [4.78, 5) is 30.8. The van der Waals surface area contributed by atoms with Gasteiger partial charge in [-0.25, -0.2) is 4.79 Å². The highest BCUT2D eigenvalue weighted by atomic mass is 16.2. The number of anilines is 1. The Morgan fingerprint density at radius 3 is 2.74 bits per heavy atom. The highest BCUT2D eigenvalue weighted by Gasteiger charge is 2.30. The number of fused-ring (bicyclic) bond motifs is 1. The molecule has 0 spiro atoms. The first-order valence-electron chi connectivity index (χ1n) is 8.92. The molecule has 6 heteroatoms. The summed E-state index contributed by atoms with van der Waals surface area (Å²) in [7, 11) is 0. The Hall–Kier alpha value is -3.41. The van der Waals surface area contributed by atoms with Crippen LogP contribution in [0.25, 0.3) is 10.9 Å². The van der Waals surface area contributed by atoms with E-state index in [2.05, 4.69) is 15.6 Å². The van der Waals surface area contributed by atoms with Gasteiger partial charge >= 0.3 is 6.03 Å². The lowest BCUT2D eigenvalue weighted by molar-refractivity contribution is -0.128. The third-order valence-corrected chi connectivity index (χ3v) is 4.65. The molecule has 6 nitrogen and oxygen atoms in total. The Kier molecular flexibility index (Phi) is 4.70. The number of nitrogens with one attached hydrogen (secondary N) is 2. The molecule has 0 radical (unpaired) electrons. The molecule has 0 bridgehead atoms. The van der Waals surface area contributed by atoms with Gasteiger partial charge in [0.25, 0.3) is 0 Å². The van der Waals surface area contributed by atoms with E-state index in [1.807, 2.05) is 60.7 Å². The number of rotatable bonds is 4. The topological polar surface area (TPSA) is 74.3 Å². The van der Waals surface area contributed by atoms with Crippen molar-refractivity contribution in [3.05, 3.63) is 72.4 Å². The third kappa shape index (κ3) is 3.89. The molecule has 136 valence electrons. The van der Waals surface area contributed by atoms with Crippen LogP contribution in [0.5, 0.6) is 0 Å². The third-order valence-electron chi connectivity index (χ3n) is 4.65. The predicted molar refractivity (Wildman–Crippen MR) is 104 cm³/mol. The van der Waals surface area contributed by atoms with E-state index in [-0.39, 0.29) is 18.0 Å². The van der Waals surface area contributed by atoms with Crippen LogP contribution in [-0.4, -0.2) is 34.4 Å². The summed E-state index contributed by atoms with van der Waals surface area (Å²) in [5.74, 6) is 0.0518. The zero-order chi connectivity index (χ0) is 18.6. The molecule has 0 saturated carbocycles. The van der Waals surface area contributed by atoms with E-state index in [0.717, 1.165) is 16.5 Å². The van der Waals surface area contributed by atoms with Crippen LogP contribution in [0.2, 0.25) is 0 Å². The van der Waals surface area contributed by atoms with Gasteiger partial charge in [-0.1, -0.05) is 48.5 Å². The molecule has 0 aliphatic carbocycles. The van der Waals surface area contributed by atoms with Gasteiger partial charge in [-0.15, -0.1) is 0 Å². The standard InChI is InChI=1S/C21H20N4O2/c26-19-12-17(14-25(19)13-15-6-2-1-3-7-15)23-21(27)24-18-10-4-8-16-9-5-11-22-20(16)18/h1-11,17H,12-14H2,(H2,23,24,27). The maximum absolute atomic E-state index is 12.4. The quantitative estimate of drug-likeness (QED) is 0.750. The number of urea groups is 1. The number of carbonyl (C=O) groups excluding carboxylic acids is 2. The summed E-state index contributed by atoms with van der Waals surface area (Å²) in [6, 6.07) is 18.8. The van der Waals surface area contributed by atoms with Crippen molar-refractivity contribution in [1.82, 2.24) is 15.2 Å². The number of hydrogen-bond acceptors (Lipinski definition) is 3. The summed E-state index contributed by atoms with van der Waals surface area (Å²) >= 11 is 0. The van der Waals surface area contributed by atoms with E-state index >= 15 is 0 Å². The number of benzene rings is 2. The Balaban J connectivity index is 1.38. The van der Waals surface area contributed by atoms with Crippen LogP contribution in [0.3, 0.4) is 0 Å². The van der Waals surface area contributed by atoms with Crippen molar-refractivity contribution in [2.24, 2.45) is 0 Å². The van der Waals surface area contributed by atoms with Crippen molar-refractivity contribution in [2.75, 3.05) is 11.9 Å². The van der Waals surface area contributed by atoms with E-state index in [9.17, 15) is 9.59 Å². The summed E-state index contributed by atoms with van der Waals surface area (Å²) < 4.78 is 0. The SMILES string of the molecule is O=C(Nc1cccc2cccnc12)NC1CC(=O)N(Cc2ccccc2)C1. The van der Waals surface area contributed by atoms with Crippen molar-refractivity contribution in [3.8, 4) is 0 Å². The number of pyridine rings is 1. The highest BCUT2D eigenvalue weighted by Crippen LogP contribution is 2.21. The Morgan fingerprint density at radius 2 is 1.89 bits per heavy atom. The van der Waals surface area contributed by atoms with Gasteiger partial charge in [0, 0.05) is 31.1 Å². The maximum Gasteiger partial charge on any atom is 0.319 e. The Bertz CT molecular complexity index is 969. The predicted octanol–water partition coefficient (Wildman–Crippen LogP) is 3.16. The monoisotopic (exact) mass is 360 g/mol. The van der Waals surface area contributed by atoms with Gasteiger partial charge in [-0.05, 0) is 17.7 Å². The van der Waals surface area contributed by atoms with E-state index in [0.29, 0.717) is 25.2 Å². The van der Waals surface area contributed by atoms with Crippen molar-refractivity contribution < 1.29 is 9.59 Å². The first-order valence-corrected chi connectivity index (χ1v) is 8.92. The molecule has 2 N–H and O–H groups in total. The molecule has 2 aromatic carbocycles. The molecule has 1 aliphatic rings. The number of hydrogen-bond donors (Lipinski definition) is 2. The lowest BCUT2D eigenvalue weighted by Gasteiger charge is -2.17. The lowest BCUT2D eigenvalue weighted by atomic mass is 10.2. The normalized spacial score (nSPS) is 16.5. The summed E-state index contributed by atoms with van der Waals surface area (Å²) in [6.07, 6.45) is 2.01. The van der Waals surface area contributed by atoms with Crippen LogP contribution in [-0.2, 0) is 11.3 Å². The fourth-order valence-corrected chi connectivity index (χ4v) is 3.37. The second kappa shape index (κ2) is 7.45. The summed E-state index contributed by atoms with van der Waals surface area (Å²) in [5.41, 5.74) is 2.47. The number of para-hydroxylation sites is 1. The summed E-state index contributed by atoms with van der Waals surface area (Å²) in [5, 5.41) is 6.71. The second-order valence-corrected chi connectivity index (χ2v) is 6.64. The number of nitrogens with zero attached hydrogens (tertiary/aromatic N) is 2. The zero-order valence-corrected chi connectivity index (χ0v) is 14.8. The summed E-state index contributed by atoms with van der Waals surface area (Å²) in [6.45, 7) is 1.07. The smallest absolute Gasteiger partial charge is 0.319 e. The molecular formula is C21H20N4O2. The van der Waals surface area contributed by atoms with Crippen molar-refractivity contribution >= 4 is 28.5 Å². The van der Waals surface area contributed by atoms with Crippen LogP contribution in [0.1, 0.15) is 12.0 Å². The molecule has 4 rings (SSSR count). The van der Waals surface area contributed by atoms with Crippen LogP contribution in [0.15, 0.2) is 66.9 Å². The molecule has 3 aromatic rings. The zero-order valence-electron chi connectivity index (χ0n) is 14.8. The van der Waals surface area contributed by atoms with Crippen LogP contribution >= 0.6 is 0 Å². The molecule has 1 aromatic heterocycles. The van der Waals surface area contributed by atoms with Gasteiger partial charge in [-0.3, -0.25) is 9.78 Å². The van der Waals surface area contributed by atoms with Crippen molar-refractivity contribution in [3.63, 3.8) is 0 Å². The number of aromatic nitrogens is 1. The lowest BCUT2D eigenvalue weighted by Crippen LogP contribution is -2.39. The minimum atomic E-state index is -0.326. The van der Waals surface area contributed by atoms with E-state index in [4.69, 9.17) is 0 Å². The first-order chi connectivity index (χ1) is 13.2. The number of amides is 3. The van der Waals surface area contributed by atoms with Crippen LogP contribution in [0.4, 0.5) is 10.5 Å². The molecule has 1 fully saturated rings. The maximum atomic E-state index is 12.4. The molecule has 27 heavy (non-hydrogen) atoms. The van der Waals surface area contributed by atoms with E-state index in [1.165, 1.54) is 0 Å². The number of carbonyl (C=O) groups is 2. The molecule has 1 aliphatic heterocycles. The minimum absolute atomic E-state index is 0.0518. The van der Waals surface area contributed by atoms with Crippen LogP contribution < -0.4 is 10.6 Å². The average molecular weight is 360 g/mol. The largest absolute Gasteiger partial charge is 0.336 e. The van der Waals surface area contributed by atoms with Crippen LogP contribution in [0, 0.1) is 0 Å². The van der Waals surface area contributed by atoms with Gasteiger partial charge in [0.05, 0.1) is 17.2 Å². The molecule has 3 amide bonds. The molecule has 1 atom stereocenters. The van der Waals surface area contributed by atoms with Crippen molar-refractivity contribution in [2.45, 2.75) is 19.0 Å². The average Bonchev–Trinajstić information content (AvgIpc) is 3.01. The molecule has 2 heterocycles. The molecule has 1 unspecified atom stereocenters. The Morgan fingerprint density at radius 1 is 1.07 bits per heavy atom.